The number of aromatic nitrogens is 2. The van der Waals surface area contributed by atoms with Gasteiger partial charge in [-0.3, -0.25) is 10.5 Å². The molecule has 1 radical (unpaired) electrons. The predicted molar refractivity (Wildman–Crippen MR) is 45.1 cm³/mol. The molecule has 0 bridgehead atoms. The van der Waals surface area contributed by atoms with Gasteiger partial charge in [0.25, 0.3) is 0 Å². The molecule has 0 aliphatic rings. The molecule has 0 amide bonds. The van der Waals surface area contributed by atoms with E-state index in [0.717, 1.165) is 11.1 Å². The second kappa shape index (κ2) is 5.20. The zero-order valence-electron chi connectivity index (χ0n) is 6.94. The fourth-order valence-corrected chi connectivity index (χ4v) is 0.959. The summed E-state index contributed by atoms with van der Waals surface area (Å²) in [6, 6.07) is 8.70. The van der Waals surface area contributed by atoms with Gasteiger partial charge in [0.2, 0.25) is 0 Å². The molecule has 0 saturated carbocycles. The van der Waals surface area contributed by atoms with Gasteiger partial charge in [-0.1, -0.05) is 6.20 Å². The fourth-order valence-electron chi connectivity index (χ4n) is 0.959. The van der Waals surface area contributed by atoms with Crippen LogP contribution in [0.1, 0.15) is 0 Å². The molecule has 0 saturated heterocycles. The van der Waals surface area contributed by atoms with Crippen molar-refractivity contribution in [3.05, 3.63) is 49.1 Å². The van der Waals surface area contributed by atoms with E-state index >= 15 is 0 Å². The van der Waals surface area contributed by atoms with Crippen LogP contribution in [0, 0.1) is 12.3 Å². The smallest absolute Gasteiger partial charge is 0 e. The Hall–Kier alpha value is -0.596. The first kappa shape index (κ1) is 10.5. The molecule has 0 aliphatic heterocycles. The Balaban J connectivity index is 0.000000845. The van der Waals surface area contributed by atoms with Crippen LogP contribution in [0.3, 0.4) is 0 Å². The Bertz CT molecular complexity index is 310. The first-order chi connectivity index (χ1) is 5.97. The van der Waals surface area contributed by atoms with Gasteiger partial charge in [0.15, 0.2) is 0 Å². The number of rotatable bonds is 1. The molecule has 0 atom stereocenters. The average molecular weight is 243 g/mol. The van der Waals surface area contributed by atoms with Gasteiger partial charge < -0.3 is 4.98 Å². The van der Waals surface area contributed by atoms with Gasteiger partial charge in [0.1, 0.15) is 0 Å². The third-order valence-electron chi connectivity index (χ3n) is 1.52. The third kappa shape index (κ3) is 2.68. The molecule has 0 N–H and O–H groups in total. The van der Waals surface area contributed by atoms with E-state index in [4.69, 9.17) is 0 Å². The minimum Gasteiger partial charge on any atom is -0.374 e. The Morgan fingerprint density at radius 3 is 2.62 bits per heavy atom. The number of hydrogen-bond acceptors (Lipinski definition) is 2. The van der Waals surface area contributed by atoms with E-state index in [2.05, 4.69) is 22.2 Å². The summed E-state index contributed by atoms with van der Waals surface area (Å²) in [4.78, 5) is 7.78. The summed E-state index contributed by atoms with van der Waals surface area (Å²) in [5.74, 6) is 0. The quantitative estimate of drug-likeness (QED) is 0.713. The largest absolute Gasteiger partial charge is 0.374 e. The van der Waals surface area contributed by atoms with E-state index in [0.29, 0.717) is 0 Å². The molecule has 2 aromatic rings. The van der Waals surface area contributed by atoms with Gasteiger partial charge in [-0.05, 0) is 12.4 Å². The molecule has 61 valence electrons. The first-order valence-electron chi connectivity index (χ1n) is 3.61. The molecule has 2 aromatic heterocycles. The van der Waals surface area contributed by atoms with Crippen molar-refractivity contribution in [2.75, 3.05) is 0 Å². The van der Waals surface area contributed by atoms with Crippen molar-refractivity contribution < 1.29 is 32.7 Å². The zero-order valence-corrected chi connectivity index (χ0v) is 9.77. The number of nitrogens with zero attached hydrogens (tertiary/aromatic N) is 2. The normalized spacial score (nSPS) is 8.92. The summed E-state index contributed by atoms with van der Waals surface area (Å²) in [5.41, 5.74) is 1.91. The minimum absolute atomic E-state index is 0. The summed E-state index contributed by atoms with van der Waals surface area (Å²) in [6.45, 7) is 0. The van der Waals surface area contributed by atoms with Crippen LogP contribution in [-0.2, 0) is 32.7 Å². The molecule has 2 nitrogen and oxygen atoms in total. The van der Waals surface area contributed by atoms with Crippen molar-refractivity contribution in [1.82, 2.24) is 9.97 Å². The molecular formula is C10H6N2Y-2. The maximum atomic E-state index is 3.90. The van der Waals surface area contributed by atoms with E-state index < -0.39 is 0 Å². The van der Waals surface area contributed by atoms with Gasteiger partial charge in [-0.2, -0.15) is 12.1 Å². The number of hydrogen-bond donors (Lipinski definition) is 0. The third-order valence-corrected chi connectivity index (χ3v) is 1.52. The van der Waals surface area contributed by atoms with Gasteiger partial charge in [0, 0.05) is 32.7 Å². The molecule has 13 heavy (non-hydrogen) atoms. The first-order valence-corrected chi connectivity index (χ1v) is 3.61. The van der Waals surface area contributed by atoms with E-state index in [1.54, 1.807) is 18.6 Å². The molecular weight excluding hydrogens is 237 g/mol. The summed E-state index contributed by atoms with van der Waals surface area (Å²) in [7, 11) is 0. The molecule has 3 heteroatoms. The Morgan fingerprint density at radius 1 is 1.08 bits per heavy atom. The number of pyridine rings is 2. The molecule has 0 unspecified atom stereocenters. The molecule has 2 heterocycles. The van der Waals surface area contributed by atoms with Crippen LogP contribution in [0.4, 0.5) is 0 Å². The summed E-state index contributed by atoms with van der Waals surface area (Å²) in [5, 5.41) is 0. The monoisotopic (exact) mass is 243 g/mol. The van der Waals surface area contributed by atoms with Crippen LogP contribution in [-0.4, -0.2) is 9.97 Å². The van der Waals surface area contributed by atoms with Crippen LogP contribution in [0.15, 0.2) is 36.8 Å². The van der Waals surface area contributed by atoms with Crippen molar-refractivity contribution in [2.24, 2.45) is 0 Å². The van der Waals surface area contributed by atoms with Crippen molar-refractivity contribution >= 4 is 0 Å². The topological polar surface area (TPSA) is 25.8 Å². The van der Waals surface area contributed by atoms with Gasteiger partial charge in [-0.15, -0.1) is 12.3 Å². The maximum Gasteiger partial charge on any atom is 0 e. The van der Waals surface area contributed by atoms with Crippen LogP contribution in [0.25, 0.3) is 11.1 Å². The summed E-state index contributed by atoms with van der Waals surface area (Å²) in [6.07, 6.45) is 7.94. The summed E-state index contributed by atoms with van der Waals surface area (Å²) < 4.78 is 0. The zero-order chi connectivity index (χ0) is 8.23. The molecule has 0 aliphatic carbocycles. The Labute approximate surface area is 102 Å². The van der Waals surface area contributed by atoms with Crippen LogP contribution in [0.2, 0.25) is 0 Å². The van der Waals surface area contributed by atoms with Crippen molar-refractivity contribution in [2.45, 2.75) is 0 Å². The van der Waals surface area contributed by atoms with Gasteiger partial charge in [-0.25, -0.2) is 11.6 Å². The average Bonchev–Trinajstić information content (AvgIpc) is 2.21. The van der Waals surface area contributed by atoms with E-state index in [9.17, 15) is 0 Å². The van der Waals surface area contributed by atoms with Crippen molar-refractivity contribution in [3.63, 3.8) is 0 Å². The van der Waals surface area contributed by atoms with Crippen molar-refractivity contribution in [3.8, 4) is 11.1 Å². The fraction of sp³-hybridized carbons (Fsp3) is 0. The van der Waals surface area contributed by atoms with E-state index in [-0.39, 0.29) is 32.7 Å². The van der Waals surface area contributed by atoms with Gasteiger partial charge >= 0.3 is 0 Å². The Morgan fingerprint density at radius 2 is 2.00 bits per heavy atom. The molecule has 0 fully saturated rings. The second-order valence-corrected chi connectivity index (χ2v) is 2.31. The van der Waals surface area contributed by atoms with Gasteiger partial charge in [0.05, 0.1) is 0 Å². The molecule has 2 rings (SSSR count). The molecule has 0 spiro atoms. The maximum absolute atomic E-state index is 3.90. The standard InChI is InChI=1S/C10H6N2.Y/c1-2-10(8-12-5-1)9-3-6-11-7-4-9;/h1-3,5-7H;/q-2;. The minimum atomic E-state index is 0. The Kier molecular flexibility index (Phi) is 4.20. The van der Waals surface area contributed by atoms with E-state index in [1.165, 1.54) is 0 Å². The van der Waals surface area contributed by atoms with Crippen LogP contribution in [0.5, 0.6) is 0 Å². The molecule has 0 aromatic carbocycles. The van der Waals surface area contributed by atoms with Crippen LogP contribution < -0.4 is 0 Å². The SMILES string of the molecule is [Y].[c-]1ncccc1-c1[c-]cncc1. The second-order valence-electron chi connectivity index (χ2n) is 2.31. The van der Waals surface area contributed by atoms with Crippen LogP contribution >= 0.6 is 0 Å². The predicted octanol–water partition coefficient (Wildman–Crippen LogP) is 1.74. The summed E-state index contributed by atoms with van der Waals surface area (Å²) >= 11 is 0. The van der Waals surface area contributed by atoms with E-state index in [1.807, 2.05) is 18.2 Å². The van der Waals surface area contributed by atoms with Crippen molar-refractivity contribution in [1.29, 1.82) is 0 Å².